The third-order valence-electron chi connectivity index (χ3n) is 6.10. The Balaban J connectivity index is 1.56. The van der Waals surface area contributed by atoms with Crippen LogP contribution in [0.2, 0.25) is 0 Å². The molecule has 1 amide bonds. The molecule has 0 aliphatic carbocycles. The summed E-state index contributed by atoms with van der Waals surface area (Å²) in [7, 11) is 1.61. The van der Waals surface area contributed by atoms with Crippen molar-refractivity contribution in [2.24, 2.45) is 7.05 Å². The van der Waals surface area contributed by atoms with Gasteiger partial charge in [0.25, 0.3) is 11.5 Å². The first-order valence-electron chi connectivity index (χ1n) is 11.5. The second-order valence-electron chi connectivity index (χ2n) is 8.30. The molecule has 0 unspecified atom stereocenters. The molecule has 0 radical (unpaired) electrons. The predicted octanol–water partition coefficient (Wildman–Crippen LogP) is 1.50. The molecule has 35 heavy (non-hydrogen) atoms. The van der Waals surface area contributed by atoms with Crippen LogP contribution in [-0.4, -0.2) is 74.3 Å². The van der Waals surface area contributed by atoms with Crippen LogP contribution in [0.5, 0.6) is 11.8 Å². The number of imidazole rings is 1. The normalized spacial score (nSPS) is 15.8. The molecule has 0 atom stereocenters. The number of hydrogen-bond acceptors (Lipinski definition) is 8. The lowest BCUT2D eigenvalue weighted by atomic mass is 10.2. The molecular weight excluding hydrogens is 466 g/mol. The second kappa shape index (κ2) is 10.0. The van der Waals surface area contributed by atoms with Crippen molar-refractivity contribution in [1.82, 2.24) is 29.3 Å². The summed E-state index contributed by atoms with van der Waals surface area (Å²) in [5.41, 5.74) is 0.843. The van der Waals surface area contributed by atoms with Crippen LogP contribution in [-0.2, 0) is 13.6 Å². The van der Waals surface area contributed by atoms with Gasteiger partial charge in [-0.2, -0.15) is 9.97 Å². The van der Waals surface area contributed by atoms with Crippen molar-refractivity contribution >= 4 is 34.8 Å². The van der Waals surface area contributed by atoms with E-state index >= 15 is 0 Å². The van der Waals surface area contributed by atoms with E-state index in [9.17, 15) is 9.59 Å². The third kappa shape index (κ3) is 4.47. The van der Waals surface area contributed by atoms with E-state index < -0.39 is 0 Å². The number of fused-ring (bicyclic) bond motifs is 1. The smallest absolute Gasteiger partial charge is 0.306 e. The van der Waals surface area contributed by atoms with E-state index in [0.717, 1.165) is 31.9 Å². The minimum Gasteiger partial charge on any atom is -0.425 e. The highest BCUT2D eigenvalue weighted by molar-refractivity contribution is 7.99. The number of anilines is 1. The summed E-state index contributed by atoms with van der Waals surface area (Å²) in [4.78, 5) is 39.8. The van der Waals surface area contributed by atoms with E-state index in [4.69, 9.17) is 9.72 Å². The first-order valence-corrected chi connectivity index (χ1v) is 12.7. The molecule has 2 aliphatic rings. The van der Waals surface area contributed by atoms with Gasteiger partial charge in [-0.3, -0.25) is 18.7 Å². The third-order valence-corrected chi connectivity index (χ3v) is 7.06. The number of hydrogen-bond donors (Lipinski definition) is 1. The van der Waals surface area contributed by atoms with Crippen LogP contribution < -0.4 is 20.5 Å². The highest BCUT2D eigenvalue weighted by Crippen LogP contribution is 2.28. The monoisotopic (exact) mass is 493 g/mol. The van der Waals surface area contributed by atoms with Gasteiger partial charge in [0.1, 0.15) is 5.75 Å². The second-order valence-corrected chi connectivity index (χ2v) is 9.37. The molecule has 182 valence electrons. The van der Waals surface area contributed by atoms with Crippen molar-refractivity contribution in [3.63, 3.8) is 0 Å². The van der Waals surface area contributed by atoms with Crippen LogP contribution in [0.4, 0.5) is 5.95 Å². The van der Waals surface area contributed by atoms with Crippen molar-refractivity contribution in [2.75, 3.05) is 49.3 Å². The minimum atomic E-state index is -0.281. The largest absolute Gasteiger partial charge is 0.425 e. The lowest BCUT2D eigenvalue weighted by Gasteiger charge is -2.28. The average Bonchev–Trinajstić information content (AvgIpc) is 3.55. The van der Waals surface area contributed by atoms with Crippen molar-refractivity contribution in [2.45, 2.75) is 13.5 Å². The number of aromatic nitrogens is 4. The molecule has 0 spiro atoms. The standard InChI is InChI=1S/C24H27N7O3S/c1-3-4-11-31-19-20(26-23(31)29-12-9-25-10-13-29)27-24(28(2)22(19)33)34-18-8-6-5-7-17(18)21(32)30-14-15-35-16-30/h5-8,25H,9-16H2,1-2H3. The molecule has 0 saturated carbocycles. The fraction of sp³-hybridized carbons (Fsp3) is 0.417. The van der Waals surface area contributed by atoms with Gasteiger partial charge < -0.3 is 19.9 Å². The van der Waals surface area contributed by atoms with Gasteiger partial charge >= 0.3 is 6.01 Å². The Labute approximate surface area is 207 Å². The highest BCUT2D eigenvalue weighted by atomic mass is 32.2. The van der Waals surface area contributed by atoms with E-state index in [-0.39, 0.29) is 17.5 Å². The summed E-state index contributed by atoms with van der Waals surface area (Å²) in [6.07, 6.45) is 0. The molecule has 3 aromatic rings. The number of rotatable bonds is 5. The summed E-state index contributed by atoms with van der Waals surface area (Å²) in [5.74, 6) is 8.46. The summed E-state index contributed by atoms with van der Waals surface area (Å²) in [6, 6.07) is 7.13. The van der Waals surface area contributed by atoms with Gasteiger partial charge in [0, 0.05) is 45.5 Å². The molecule has 2 saturated heterocycles. The number of amides is 1. The zero-order valence-corrected chi connectivity index (χ0v) is 20.6. The van der Waals surface area contributed by atoms with Gasteiger partial charge in [0.15, 0.2) is 11.2 Å². The Kier molecular flexibility index (Phi) is 6.66. The topological polar surface area (TPSA) is 97.5 Å². The van der Waals surface area contributed by atoms with E-state index in [1.807, 2.05) is 4.57 Å². The number of ether oxygens (including phenoxy) is 1. The van der Waals surface area contributed by atoms with Gasteiger partial charge in [0.05, 0.1) is 18.0 Å². The molecule has 1 aromatic carbocycles. The number of carbonyl (C=O) groups is 1. The lowest BCUT2D eigenvalue weighted by Crippen LogP contribution is -2.44. The Morgan fingerprint density at radius 2 is 2.00 bits per heavy atom. The van der Waals surface area contributed by atoms with Crippen molar-refractivity contribution in [1.29, 1.82) is 0 Å². The molecule has 10 nitrogen and oxygen atoms in total. The summed E-state index contributed by atoms with van der Waals surface area (Å²) in [6.45, 7) is 6.03. The summed E-state index contributed by atoms with van der Waals surface area (Å²) < 4.78 is 9.27. The van der Waals surface area contributed by atoms with Crippen LogP contribution in [0.3, 0.4) is 0 Å². The van der Waals surface area contributed by atoms with Crippen LogP contribution in [0.15, 0.2) is 29.1 Å². The van der Waals surface area contributed by atoms with E-state index in [1.54, 1.807) is 54.9 Å². The molecule has 0 bridgehead atoms. The Morgan fingerprint density at radius 1 is 1.20 bits per heavy atom. The molecular formula is C24H27N7O3S. The number of thioether (sulfide) groups is 1. The molecule has 11 heteroatoms. The maximum absolute atomic E-state index is 13.5. The quantitative estimate of drug-likeness (QED) is 0.534. The van der Waals surface area contributed by atoms with Gasteiger partial charge in [-0.25, -0.2) is 0 Å². The molecule has 1 N–H and O–H groups in total. The Bertz CT molecular complexity index is 1380. The molecule has 2 aliphatic heterocycles. The lowest BCUT2D eigenvalue weighted by molar-refractivity contribution is 0.0800. The fourth-order valence-electron chi connectivity index (χ4n) is 4.21. The Hall–Kier alpha value is -3.49. The molecule has 4 heterocycles. The first kappa shape index (κ1) is 23.3. The number of carbonyl (C=O) groups excluding carboxylic acids is 1. The number of para-hydroxylation sites is 1. The maximum Gasteiger partial charge on any atom is 0.306 e. The summed E-state index contributed by atoms with van der Waals surface area (Å²) >= 11 is 1.72. The van der Waals surface area contributed by atoms with Crippen molar-refractivity contribution in [3.05, 3.63) is 40.2 Å². The Morgan fingerprint density at radius 3 is 2.74 bits per heavy atom. The van der Waals surface area contributed by atoms with Crippen LogP contribution in [0.1, 0.15) is 17.3 Å². The molecule has 2 fully saturated rings. The van der Waals surface area contributed by atoms with Crippen LogP contribution in [0, 0.1) is 11.8 Å². The van der Waals surface area contributed by atoms with Crippen LogP contribution in [0.25, 0.3) is 11.2 Å². The zero-order valence-electron chi connectivity index (χ0n) is 19.8. The zero-order chi connectivity index (χ0) is 24.4. The average molecular weight is 494 g/mol. The van der Waals surface area contributed by atoms with Gasteiger partial charge in [0.2, 0.25) is 5.95 Å². The van der Waals surface area contributed by atoms with Crippen molar-refractivity contribution in [3.8, 4) is 23.6 Å². The van der Waals surface area contributed by atoms with Gasteiger partial charge in [-0.15, -0.1) is 17.7 Å². The highest BCUT2D eigenvalue weighted by Gasteiger charge is 2.26. The first-order chi connectivity index (χ1) is 17.1. The minimum absolute atomic E-state index is 0.0802. The number of nitrogens with one attached hydrogen (secondary N) is 1. The number of nitrogens with zero attached hydrogens (tertiary/aromatic N) is 6. The van der Waals surface area contributed by atoms with E-state index in [2.05, 4.69) is 27.0 Å². The fourth-order valence-corrected chi connectivity index (χ4v) is 5.16. The molecule has 2 aromatic heterocycles. The maximum atomic E-state index is 13.5. The molecule has 5 rings (SSSR count). The summed E-state index contributed by atoms with van der Waals surface area (Å²) in [5, 5.41) is 3.33. The SMILES string of the molecule is CC#CCn1c(N2CCNCC2)nc2nc(Oc3ccccc3C(=O)N3CCSC3)n(C)c(=O)c21. The van der Waals surface area contributed by atoms with Gasteiger partial charge in [-0.05, 0) is 19.1 Å². The van der Waals surface area contributed by atoms with E-state index in [1.165, 1.54) is 4.57 Å². The van der Waals surface area contributed by atoms with E-state index in [0.29, 0.717) is 47.4 Å². The van der Waals surface area contributed by atoms with Crippen molar-refractivity contribution < 1.29 is 9.53 Å². The number of piperazine rings is 1. The van der Waals surface area contributed by atoms with Gasteiger partial charge in [-0.1, -0.05) is 18.1 Å². The van der Waals surface area contributed by atoms with Crippen LogP contribution >= 0.6 is 11.8 Å². The predicted molar refractivity (Wildman–Crippen MR) is 136 cm³/mol. The number of benzene rings is 1.